The lowest BCUT2D eigenvalue weighted by molar-refractivity contribution is 1.11. The summed E-state index contributed by atoms with van der Waals surface area (Å²) in [5, 5.41) is 0. The lowest BCUT2D eigenvalue weighted by atomic mass is 9.97. The maximum Gasteiger partial charge on any atom is 0.0756 e. The van der Waals surface area contributed by atoms with Gasteiger partial charge in [-0.25, -0.2) is 20.0 Å². The minimum Gasteiger partial charge on any atom is -0.256 e. The summed E-state index contributed by atoms with van der Waals surface area (Å²) in [6.07, 6.45) is 22.7. The van der Waals surface area contributed by atoms with Crippen molar-refractivity contribution in [1.82, 2.24) is 4.98 Å². The molecule has 5 nitrogen and oxygen atoms in total. The summed E-state index contributed by atoms with van der Waals surface area (Å²) >= 11 is 0. The Morgan fingerprint density at radius 2 is 1.17 bits per heavy atom. The summed E-state index contributed by atoms with van der Waals surface area (Å²) < 4.78 is 0. The molecule has 0 saturated heterocycles. The van der Waals surface area contributed by atoms with Crippen LogP contribution in [0.25, 0.3) is 5.57 Å². The van der Waals surface area contributed by atoms with Crippen LogP contribution in [0.15, 0.2) is 133 Å². The van der Waals surface area contributed by atoms with Gasteiger partial charge in [0.05, 0.1) is 51.3 Å². The minimum atomic E-state index is 0. The first kappa shape index (κ1) is 29.1. The van der Waals surface area contributed by atoms with Crippen LogP contribution in [-0.2, 0) is 0 Å². The van der Waals surface area contributed by atoms with Crippen molar-refractivity contribution in [2.24, 2.45) is 20.0 Å². The Labute approximate surface area is 234 Å². The van der Waals surface area contributed by atoms with Crippen LogP contribution in [0.3, 0.4) is 0 Å². The average Bonchev–Trinajstić information content (AvgIpc) is 3.58. The molecule has 0 radical (unpaired) electrons. The molecule has 1 aromatic heterocycles. The van der Waals surface area contributed by atoms with Crippen molar-refractivity contribution in [1.29, 1.82) is 0 Å². The molecule has 8 bridgehead atoms. The Kier molecular flexibility index (Phi) is 9.91. The number of fused-ring (bicyclic) bond motifs is 4. The molecule has 0 amide bonds. The molecule has 6 rings (SSSR count). The zero-order valence-corrected chi connectivity index (χ0v) is 22.4. The molecular weight excluding hydrogens is 536 g/mol. The predicted molar refractivity (Wildman–Crippen MR) is 160 cm³/mol. The fourth-order valence-electron chi connectivity index (χ4n) is 4.16. The third-order valence-corrected chi connectivity index (χ3v) is 5.59. The molecule has 36 heavy (non-hydrogen) atoms. The Bertz CT molecular complexity index is 1430. The van der Waals surface area contributed by atoms with E-state index < -0.39 is 0 Å². The summed E-state index contributed by atoms with van der Waals surface area (Å²) in [4.78, 5) is 23.8. The highest BCUT2D eigenvalue weighted by molar-refractivity contribution is 6.33. The first-order valence-electron chi connectivity index (χ1n) is 10.7. The van der Waals surface area contributed by atoms with Gasteiger partial charge in [0.1, 0.15) is 0 Å². The highest BCUT2D eigenvalue weighted by Gasteiger charge is 2.25. The molecule has 5 aliphatic heterocycles. The second kappa shape index (κ2) is 12.2. The molecule has 1 aromatic rings. The first-order chi connectivity index (χ1) is 15.7. The Morgan fingerprint density at radius 3 is 1.69 bits per heavy atom. The lowest BCUT2D eigenvalue weighted by Gasteiger charge is -2.07. The van der Waals surface area contributed by atoms with E-state index in [0.29, 0.717) is 0 Å². The van der Waals surface area contributed by atoms with Crippen LogP contribution < -0.4 is 0 Å². The molecule has 184 valence electrons. The van der Waals surface area contributed by atoms with Crippen molar-refractivity contribution in [3.63, 3.8) is 0 Å². The third-order valence-electron chi connectivity index (χ3n) is 5.59. The van der Waals surface area contributed by atoms with E-state index in [4.69, 9.17) is 15.0 Å². The Morgan fingerprint density at radius 1 is 0.611 bits per heavy atom. The van der Waals surface area contributed by atoms with Gasteiger partial charge in [-0.05, 0) is 84.9 Å². The molecule has 0 spiro atoms. The minimum absolute atomic E-state index is 0. The van der Waals surface area contributed by atoms with Crippen molar-refractivity contribution in [2.45, 2.75) is 13.3 Å². The number of hydrogen-bond donors (Lipinski definition) is 0. The highest BCUT2D eigenvalue weighted by atomic mass is 35.5. The Balaban J connectivity index is 0.00000114. The van der Waals surface area contributed by atoms with Gasteiger partial charge in [0.2, 0.25) is 0 Å². The van der Waals surface area contributed by atoms with Crippen LogP contribution in [0, 0.1) is 0 Å². The fourth-order valence-corrected chi connectivity index (χ4v) is 4.16. The van der Waals surface area contributed by atoms with Crippen LogP contribution in [0.4, 0.5) is 0 Å². The second-order valence-electron chi connectivity index (χ2n) is 7.77. The van der Waals surface area contributed by atoms with Gasteiger partial charge in [-0.3, -0.25) is 4.98 Å². The summed E-state index contributed by atoms with van der Waals surface area (Å²) in [7, 11) is 0. The number of rotatable bonds is 2. The van der Waals surface area contributed by atoms with Crippen molar-refractivity contribution in [3.8, 4) is 0 Å². The van der Waals surface area contributed by atoms with Gasteiger partial charge < -0.3 is 0 Å². The van der Waals surface area contributed by atoms with E-state index in [0.717, 1.165) is 68.9 Å². The van der Waals surface area contributed by atoms with Gasteiger partial charge in [-0.2, -0.15) is 0 Å². The Hall–Kier alpha value is -3.09. The van der Waals surface area contributed by atoms with Crippen LogP contribution in [0.5, 0.6) is 0 Å². The van der Waals surface area contributed by atoms with Crippen molar-refractivity contribution in [3.05, 3.63) is 119 Å². The van der Waals surface area contributed by atoms with Gasteiger partial charge in [0, 0.05) is 11.8 Å². The van der Waals surface area contributed by atoms with Crippen molar-refractivity contribution >= 4 is 78.0 Å². The number of hydrogen-bond acceptors (Lipinski definition) is 5. The van der Waals surface area contributed by atoms with E-state index in [2.05, 4.69) is 16.9 Å². The van der Waals surface area contributed by atoms with Crippen molar-refractivity contribution < 1.29 is 0 Å². The monoisotopic (exact) mass is 557 g/mol. The van der Waals surface area contributed by atoms with E-state index in [1.54, 1.807) is 0 Å². The molecule has 0 N–H and O–H groups in total. The van der Waals surface area contributed by atoms with E-state index >= 15 is 0 Å². The van der Waals surface area contributed by atoms with Crippen molar-refractivity contribution in [2.75, 3.05) is 0 Å². The third kappa shape index (κ3) is 5.66. The number of pyridine rings is 1. The quantitative estimate of drug-likeness (QED) is 0.386. The number of aliphatic imine (C=N–C) groups is 4. The van der Waals surface area contributed by atoms with E-state index in [1.807, 2.05) is 85.2 Å². The van der Waals surface area contributed by atoms with Crippen LogP contribution >= 0.6 is 49.6 Å². The average molecular weight is 559 g/mol. The van der Waals surface area contributed by atoms with Gasteiger partial charge in [-0.1, -0.05) is 13.0 Å². The summed E-state index contributed by atoms with van der Waals surface area (Å²) in [5.41, 5.74) is 10.2. The predicted octanol–water partition coefficient (Wildman–Crippen LogP) is 6.97. The topological polar surface area (TPSA) is 62.3 Å². The largest absolute Gasteiger partial charge is 0.256 e. The fraction of sp³-hybridized carbons (Fsp3) is 0.0741. The number of allylic oxidation sites excluding steroid dienone is 12. The normalized spacial score (nSPS) is 18.2. The molecule has 0 aliphatic carbocycles. The molecule has 0 atom stereocenters. The standard InChI is InChI=1S/C27H19N5.4ClH/c1-2-23-25-15-21-10-8-19(30-21)13-17-6-7-18(29-17)14-20-9-11-22(31-20)16-26(32-25)27(23)24-5-3-4-12-28-24;;;;/h3-16H,2H2,1H3;4*1H. The van der Waals surface area contributed by atoms with Crippen LogP contribution in [-0.4, -0.2) is 27.8 Å². The summed E-state index contributed by atoms with van der Waals surface area (Å²) in [5.74, 6) is 0. The molecule has 0 fully saturated rings. The number of nitrogens with zero attached hydrogens (tertiary/aromatic N) is 5. The molecular formula is C27H23Cl4N5. The number of aromatic nitrogens is 1. The van der Waals surface area contributed by atoms with Crippen LogP contribution in [0.2, 0.25) is 0 Å². The maximum absolute atomic E-state index is 5.00. The van der Waals surface area contributed by atoms with Gasteiger partial charge in [0.25, 0.3) is 0 Å². The highest BCUT2D eigenvalue weighted by Crippen LogP contribution is 2.35. The summed E-state index contributed by atoms with van der Waals surface area (Å²) in [6, 6.07) is 5.97. The SMILES string of the molecule is CCC1=C(c2ccccn2)C2=NC1=CC1=NC(=CC3=NC(=CC4=NC(=C2)C=C4)C=C3)C=C1.Cl.Cl.Cl.Cl. The first-order valence-corrected chi connectivity index (χ1v) is 10.7. The molecule has 6 heterocycles. The van der Waals surface area contributed by atoms with Gasteiger partial charge >= 0.3 is 0 Å². The van der Waals surface area contributed by atoms with Gasteiger partial charge in [0.15, 0.2) is 0 Å². The van der Waals surface area contributed by atoms with E-state index in [9.17, 15) is 0 Å². The molecule has 0 saturated carbocycles. The number of halogens is 4. The van der Waals surface area contributed by atoms with Crippen LogP contribution in [0.1, 0.15) is 19.0 Å². The van der Waals surface area contributed by atoms with E-state index in [-0.39, 0.29) is 49.6 Å². The molecule has 5 aliphatic rings. The summed E-state index contributed by atoms with van der Waals surface area (Å²) in [6.45, 7) is 2.15. The maximum atomic E-state index is 5.00. The zero-order valence-electron chi connectivity index (χ0n) is 19.2. The zero-order chi connectivity index (χ0) is 21.5. The molecule has 9 heteroatoms. The molecule has 0 unspecified atom stereocenters. The second-order valence-corrected chi connectivity index (χ2v) is 7.77. The molecule has 0 aromatic carbocycles. The van der Waals surface area contributed by atoms with E-state index in [1.165, 1.54) is 0 Å². The smallest absolute Gasteiger partial charge is 0.0756 e. The lowest BCUT2D eigenvalue weighted by Crippen LogP contribution is -2.00. The van der Waals surface area contributed by atoms with Gasteiger partial charge in [-0.15, -0.1) is 49.6 Å².